The normalized spacial score (nSPS) is 21.8. The van der Waals surface area contributed by atoms with Crippen molar-refractivity contribution < 1.29 is 4.79 Å². The number of aromatic nitrogens is 2. The van der Waals surface area contributed by atoms with E-state index >= 15 is 0 Å². The van der Waals surface area contributed by atoms with E-state index in [1.54, 1.807) is 6.20 Å². The van der Waals surface area contributed by atoms with E-state index in [0.29, 0.717) is 12.6 Å². The Labute approximate surface area is 88.8 Å². The third kappa shape index (κ3) is 2.02. The van der Waals surface area contributed by atoms with E-state index in [-0.39, 0.29) is 11.9 Å². The number of carbonyl (C=O) groups excluding carboxylic acids is 1. The predicted octanol–water partition coefficient (Wildman–Crippen LogP) is 0.224. The Morgan fingerprint density at radius 1 is 1.53 bits per heavy atom. The summed E-state index contributed by atoms with van der Waals surface area (Å²) in [6.45, 7) is 5.63. The molecule has 15 heavy (non-hydrogen) atoms. The summed E-state index contributed by atoms with van der Waals surface area (Å²) in [4.78, 5) is 11.6. The summed E-state index contributed by atoms with van der Waals surface area (Å²) in [6.07, 6.45) is 3.68. The lowest BCUT2D eigenvalue weighted by Crippen LogP contribution is -2.47. The van der Waals surface area contributed by atoms with Crippen LogP contribution < -0.4 is 10.6 Å². The van der Waals surface area contributed by atoms with Crippen molar-refractivity contribution in [1.82, 2.24) is 20.4 Å². The first-order valence-electron chi connectivity index (χ1n) is 5.23. The molecule has 2 heterocycles. The Bertz CT molecular complexity index is 358. The molecule has 0 radical (unpaired) electrons. The number of amides is 1. The van der Waals surface area contributed by atoms with Crippen LogP contribution in [0.1, 0.15) is 31.5 Å². The molecule has 0 saturated carbocycles. The number of nitrogens with zero attached hydrogens (tertiary/aromatic N) is 2. The Kier molecular flexibility index (Phi) is 2.73. The smallest absolute Gasteiger partial charge is 0.241 e. The molecule has 1 atom stereocenters. The summed E-state index contributed by atoms with van der Waals surface area (Å²) in [5.41, 5.74) is 0.931. The van der Waals surface area contributed by atoms with E-state index in [0.717, 1.165) is 12.1 Å². The third-order valence-corrected chi connectivity index (χ3v) is 2.52. The average molecular weight is 208 g/mol. The van der Waals surface area contributed by atoms with E-state index in [4.69, 9.17) is 0 Å². The fourth-order valence-electron chi connectivity index (χ4n) is 1.65. The van der Waals surface area contributed by atoms with E-state index in [9.17, 15) is 4.79 Å². The zero-order valence-electron chi connectivity index (χ0n) is 9.03. The minimum atomic E-state index is -0.244. The Balaban J connectivity index is 2.17. The molecular formula is C10H16N4O. The summed E-state index contributed by atoms with van der Waals surface area (Å²) in [5, 5.41) is 10.2. The van der Waals surface area contributed by atoms with Gasteiger partial charge in [-0.2, -0.15) is 5.10 Å². The van der Waals surface area contributed by atoms with Gasteiger partial charge in [0.15, 0.2) is 0 Å². The lowest BCUT2D eigenvalue weighted by Gasteiger charge is -2.22. The SMILES string of the molecule is CC(C)n1cc(C2NCCNC2=O)cn1. The maximum Gasteiger partial charge on any atom is 0.241 e. The van der Waals surface area contributed by atoms with Crippen LogP contribution in [0.15, 0.2) is 12.4 Å². The highest BCUT2D eigenvalue weighted by molar-refractivity contribution is 5.83. The van der Waals surface area contributed by atoms with Gasteiger partial charge in [-0.05, 0) is 13.8 Å². The van der Waals surface area contributed by atoms with Gasteiger partial charge in [0, 0.05) is 30.9 Å². The van der Waals surface area contributed by atoms with E-state index in [2.05, 4.69) is 29.6 Å². The molecule has 1 aliphatic heterocycles. The number of nitrogens with one attached hydrogen (secondary N) is 2. The molecule has 1 aliphatic rings. The van der Waals surface area contributed by atoms with Crippen LogP contribution in [-0.2, 0) is 4.79 Å². The first kappa shape index (κ1) is 10.2. The van der Waals surface area contributed by atoms with Gasteiger partial charge in [0.25, 0.3) is 0 Å². The van der Waals surface area contributed by atoms with Crippen molar-refractivity contribution in [2.75, 3.05) is 13.1 Å². The summed E-state index contributed by atoms with van der Waals surface area (Å²) in [6, 6.07) is 0.0802. The third-order valence-electron chi connectivity index (χ3n) is 2.52. The van der Waals surface area contributed by atoms with Crippen molar-refractivity contribution >= 4 is 5.91 Å². The van der Waals surface area contributed by atoms with Crippen LogP contribution >= 0.6 is 0 Å². The molecule has 2 N–H and O–H groups in total. The van der Waals surface area contributed by atoms with Crippen molar-refractivity contribution in [1.29, 1.82) is 0 Å². The van der Waals surface area contributed by atoms with Gasteiger partial charge in [0.05, 0.1) is 6.20 Å². The summed E-state index contributed by atoms with van der Waals surface area (Å²) in [7, 11) is 0. The van der Waals surface area contributed by atoms with Gasteiger partial charge in [-0.3, -0.25) is 9.48 Å². The molecule has 1 aromatic rings. The minimum Gasteiger partial charge on any atom is -0.353 e. The number of carbonyl (C=O) groups is 1. The highest BCUT2D eigenvalue weighted by atomic mass is 16.2. The molecule has 1 saturated heterocycles. The quantitative estimate of drug-likeness (QED) is 0.731. The molecule has 82 valence electrons. The maximum absolute atomic E-state index is 11.6. The highest BCUT2D eigenvalue weighted by Gasteiger charge is 2.24. The van der Waals surface area contributed by atoms with Gasteiger partial charge in [0.1, 0.15) is 6.04 Å². The second-order valence-electron chi connectivity index (χ2n) is 4.03. The lowest BCUT2D eigenvalue weighted by atomic mass is 10.1. The molecule has 0 aliphatic carbocycles. The van der Waals surface area contributed by atoms with Crippen molar-refractivity contribution in [2.45, 2.75) is 25.9 Å². The van der Waals surface area contributed by atoms with Gasteiger partial charge in [-0.15, -0.1) is 0 Å². The van der Waals surface area contributed by atoms with Crippen LogP contribution in [-0.4, -0.2) is 28.8 Å². The minimum absolute atomic E-state index is 0.0320. The fraction of sp³-hybridized carbons (Fsp3) is 0.600. The fourth-order valence-corrected chi connectivity index (χ4v) is 1.65. The van der Waals surface area contributed by atoms with Gasteiger partial charge in [-0.1, -0.05) is 0 Å². The Hall–Kier alpha value is -1.36. The lowest BCUT2D eigenvalue weighted by molar-refractivity contribution is -0.124. The molecule has 1 unspecified atom stereocenters. The molecule has 1 fully saturated rings. The van der Waals surface area contributed by atoms with Crippen LogP contribution in [0.2, 0.25) is 0 Å². The molecule has 5 heteroatoms. The molecule has 1 aromatic heterocycles. The van der Waals surface area contributed by atoms with Crippen LogP contribution in [0, 0.1) is 0 Å². The van der Waals surface area contributed by atoms with Crippen LogP contribution in [0.3, 0.4) is 0 Å². The molecule has 2 rings (SSSR count). The second-order valence-corrected chi connectivity index (χ2v) is 4.03. The molecule has 0 aromatic carbocycles. The van der Waals surface area contributed by atoms with Crippen LogP contribution in [0.25, 0.3) is 0 Å². The summed E-state index contributed by atoms with van der Waals surface area (Å²) >= 11 is 0. The zero-order valence-corrected chi connectivity index (χ0v) is 9.03. The first-order valence-corrected chi connectivity index (χ1v) is 5.23. The summed E-state index contributed by atoms with van der Waals surface area (Å²) in [5.74, 6) is 0.0320. The Morgan fingerprint density at radius 3 is 2.93 bits per heavy atom. The largest absolute Gasteiger partial charge is 0.353 e. The van der Waals surface area contributed by atoms with Gasteiger partial charge < -0.3 is 10.6 Å². The van der Waals surface area contributed by atoms with E-state index < -0.39 is 0 Å². The number of piperazine rings is 1. The monoisotopic (exact) mass is 208 g/mol. The molecule has 0 spiro atoms. The highest BCUT2D eigenvalue weighted by Crippen LogP contribution is 2.15. The summed E-state index contributed by atoms with van der Waals surface area (Å²) < 4.78 is 1.86. The first-order chi connectivity index (χ1) is 7.18. The van der Waals surface area contributed by atoms with Crippen molar-refractivity contribution in [3.63, 3.8) is 0 Å². The number of hydrogen-bond donors (Lipinski definition) is 2. The van der Waals surface area contributed by atoms with E-state index in [1.165, 1.54) is 0 Å². The molecular weight excluding hydrogens is 192 g/mol. The Morgan fingerprint density at radius 2 is 2.33 bits per heavy atom. The zero-order chi connectivity index (χ0) is 10.8. The maximum atomic E-state index is 11.6. The van der Waals surface area contributed by atoms with Gasteiger partial charge >= 0.3 is 0 Å². The molecule has 5 nitrogen and oxygen atoms in total. The average Bonchev–Trinajstić information content (AvgIpc) is 2.67. The number of hydrogen-bond acceptors (Lipinski definition) is 3. The molecule has 0 bridgehead atoms. The van der Waals surface area contributed by atoms with E-state index in [1.807, 2.05) is 10.9 Å². The topological polar surface area (TPSA) is 59.0 Å². The van der Waals surface area contributed by atoms with Crippen molar-refractivity contribution in [3.8, 4) is 0 Å². The van der Waals surface area contributed by atoms with Crippen molar-refractivity contribution in [2.24, 2.45) is 0 Å². The second kappa shape index (κ2) is 4.02. The van der Waals surface area contributed by atoms with Crippen LogP contribution in [0.4, 0.5) is 0 Å². The van der Waals surface area contributed by atoms with Crippen molar-refractivity contribution in [3.05, 3.63) is 18.0 Å². The predicted molar refractivity (Wildman–Crippen MR) is 56.4 cm³/mol. The number of rotatable bonds is 2. The van der Waals surface area contributed by atoms with Gasteiger partial charge in [-0.25, -0.2) is 0 Å². The van der Waals surface area contributed by atoms with Gasteiger partial charge in [0.2, 0.25) is 5.91 Å². The standard InChI is InChI=1S/C10H16N4O/c1-7(2)14-6-8(5-13-14)9-10(15)12-4-3-11-9/h5-7,9,11H,3-4H2,1-2H3,(H,12,15). The van der Waals surface area contributed by atoms with Crippen LogP contribution in [0.5, 0.6) is 0 Å². The molecule has 1 amide bonds.